The van der Waals surface area contributed by atoms with Crippen molar-refractivity contribution in [1.82, 2.24) is 19.4 Å². The number of carbonyl (C=O) groups is 1. The van der Waals surface area contributed by atoms with Crippen LogP contribution in [0, 0.1) is 13.8 Å². The number of nitrogens with one attached hydrogen (secondary N) is 1. The van der Waals surface area contributed by atoms with Gasteiger partial charge in [-0.05, 0) is 83.7 Å². The number of aryl methyl sites for hydroxylation is 3. The first-order valence-electron chi connectivity index (χ1n) is 13.0. The number of fused-ring (bicyclic) bond motifs is 1. The molecule has 4 rings (SSSR count). The molecule has 3 aromatic rings. The van der Waals surface area contributed by atoms with Crippen molar-refractivity contribution in [3.8, 4) is 17.0 Å². The number of benzene rings is 1. The van der Waals surface area contributed by atoms with Gasteiger partial charge in [-0.1, -0.05) is 6.07 Å². The first-order valence-corrected chi connectivity index (χ1v) is 13.0. The van der Waals surface area contributed by atoms with Gasteiger partial charge in [-0.25, -0.2) is 9.78 Å². The highest BCUT2D eigenvalue weighted by atomic mass is 16.7. The Morgan fingerprint density at radius 2 is 1.97 bits per heavy atom. The molecule has 0 aliphatic carbocycles. The van der Waals surface area contributed by atoms with Crippen LogP contribution >= 0.6 is 0 Å². The smallest absolute Gasteiger partial charge is 0.410 e. The van der Waals surface area contributed by atoms with Crippen LogP contribution in [0.4, 0.5) is 10.7 Å². The van der Waals surface area contributed by atoms with Crippen LogP contribution in [0.25, 0.3) is 22.4 Å². The lowest BCUT2D eigenvalue weighted by atomic mass is 10.0. The van der Waals surface area contributed by atoms with E-state index in [0.717, 1.165) is 52.4 Å². The van der Waals surface area contributed by atoms with Crippen LogP contribution in [0.3, 0.4) is 0 Å². The normalized spacial score (nSPS) is 16.2. The number of carbonyl (C=O) groups excluding carboxylic acids is 1. The van der Waals surface area contributed by atoms with Crippen LogP contribution < -0.4 is 10.1 Å². The number of ether oxygens (including phenoxy) is 3. The molecule has 1 N–H and O–H groups in total. The topological polar surface area (TPSA) is 90.7 Å². The lowest BCUT2D eigenvalue weighted by Gasteiger charge is -2.34. The molecule has 1 fully saturated rings. The summed E-state index contributed by atoms with van der Waals surface area (Å²) in [6.07, 6.45) is 1.58. The number of amides is 1. The Kier molecular flexibility index (Phi) is 7.92. The van der Waals surface area contributed by atoms with Crippen molar-refractivity contribution in [2.75, 3.05) is 31.8 Å². The Bertz CT molecular complexity index is 1260. The summed E-state index contributed by atoms with van der Waals surface area (Å²) < 4.78 is 18.9. The Balaban J connectivity index is 1.57. The van der Waals surface area contributed by atoms with Crippen LogP contribution in [0.1, 0.15) is 51.7 Å². The average molecular weight is 510 g/mol. The largest absolute Gasteiger partial charge is 0.467 e. The minimum Gasteiger partial charge on any atom is -0.467 e. The molecule has 1 saturated heterocycles. The average Bonchev–Trinajstić information content (AvgIpc) is 3.12. The maximum atomic E-state index is 12.6. The van der Waals surface area contributed by atoms with E-state index in [4.69, 9.17) is 24.2 Å². The van der Waals surface area contributed by atoms with Crippen LogP contribution in [-0.4, -0.2) is 63.7 Å². The predicted molar refractivity (Wildman–Crippen MR) is 145 cm³/mol. The van der Waals surface area contributed by atoms with Gasteiger partial charge in [-0.3, -0.25) is 0 Å². The third-order valence-corrected chi connectivity index (χ3v) is 6.35. The minimum atomic E-state index is -0.512. The van der Waals surface area contributed by atoms with E-state index >= 15 is 0 Å². The zero-order valence-electron chi connectivity index (χ0n) is 23.1. The van der Waals surface area contributed by atoms with Gasteiger partial charge in [0.15, 0.2) is 12.4 Å². The van der Waals surface area contributed by atoms with E-state index in [0.29, 0.717) is 25.3 Å². The van der Waals surface area contributed by atoms with Gasteiger partial charge in [0.1, 0.15) is 11.4 Å². The molecule has 1 aliphatic rings. The summed E-state index contributed by atoms with van der Waals surface area (Å²) in [5, 5.41) is 3.53. The van der Waals surface area contributed by atoms with E-state index in [1.165, 1.54) is 0 Å². The van der Waals surface area contributed by atoms with E-state index in [-0.39, 0.29) is 18.9 Å². The van der Waals surface area contributed by atoms with Gasteiger partial charge in [0.2, 0.25) is 5.95 Å². The van der Waals surface area contributed by atoms with E-state index in [1.807, 2.05) is 64.4 Å². The molecule has 1 amide bonds. The molecule has 3 heterocycles. The zero-order valence-corrected chi connectivity index (χ0v) is 23.1. The Morgan fingerprint density at radius 1 is 1.19 bits per heavy atom. The molecule has 1 aliphatic heterocycles. The molecule has 9 heteroatoms. The highest BCUT2D eigenvalue weighted by molar-refractivity contribution is 5.81. The fourth-order valence-corrected chi connectivity index (χ4v) is 4.67. The second-order valence-electron chi connectivity index (χ2n) is 10.7. The number of hydrogen-bond acceptors (Lipinski definition) is 7. The number of piperidine rings is 1. The first kappa shape index (κ1) is 26.7. The SMILES string of the molecule is CCOCOc1cc(C)cc(C)c1-c1ccc2c(n1)nc(N[C@@H]1CCCN(C(=O)OC(C)(C)C)C1)n2C. The van der Waals surface area contributed by atoms with Crippen molar-refractivity contribution in [3.63, 3.8) is 0 Å². The Hall–Kier alpha value is -3.33. The van der Waals surface area contributed by atoms with Gasteiger partial charge >= 0.3 is 6.09 Å². The van der Waals surface area contributed by atoms with E-state index in [9.17, 15) is 4.79 Å². The molecule has 9 nitrogen and oxygen atoms in total. The lowest BCUT2D eigenvalue weighted by Crippen LogP contribution is -2.47. The summed E-state index contributed by atoms with van der Waals surface area (Å²) in [6.45, 7) is 13.8. The number of nitrogens with zero attached hydrogens (tertiary/aromatic N) is 4. The fourth-order valence-electron chi connectivity index (χ4n) is 4.67. The fraction of sp³-hybridized carbons (Fsp3) is 0.536. The number of aromatic nitrogens is 3. The lowest BCUT2D eigenvalue weighted by molar-refractivity contribution is 0.0205. The Labute approximate surface area is 219 Å². The molecule has 2 aromatic heterocycles. The number of hydrogen-bond donors (Lipinski definition) is 1. The van der Waals surface area contributed by atoms with Gasteiger partial charge < -0.3 is 29.0 Å². The van der Waals surface area contributed by atoms with Crippen molar-refractivity contribution >= 4 is 23.2 Å². The van der Waals surface area contributed by atoms with Gasteiger partial charge in [0, 0.05) is 38.3 Å². The molecular formula is C28H39N5O4. The van der Waals surface area contributed by atoms with Crippen molar-refractivity contribution in [2.24, 2.45) is 7.05 Å². The van der Waals surface area contributed by atoms with Crippen molar-refractivity contribution in [3.05, 3.63) is 35.4 Å². The molecule has 0 saturated carbocycles. The van der Waals surface area contributed by atoms with Crippen molar-refractivity contribution in [1.29, 1.82) is 0 Å². The summed E-state index contributed by atoms with van der Waals surface area (Å²) in [4.78, 5) is 24.1. The van der Waals surface area contributed by atoms with Crippen LogP contribution in [-0.2, 0) is 16.5 Å². The van der Waals surface area contributed by atoms with E-state index in [1.54, 1.807) is 4.90 Å². The van der Waals surface area contributed by atoms with Crippen molar-refractivity contribution < 1.29 is 19.0 Å². The molecule has 1 aromatic carbocycles. The monoisotopic (exact) mass is 509 g/mol. The highest BCUT2D eigenvalue weighted by Crippen LogP contribution is 2.35. The number of pyridine rings is 1. The zero-order chi connectivity index (χ0) is 26.7. The molecule has 200 valence electrons. The number of likely N-dealkylation sites (tertiary alicyclic amines) is 1. The number of rotatable bonds is 7. The second-order valence-corrected chi connectivity index (χ2v) is 10.7. The third-order valence-electron chi connectivity index (χ3n) is 6.35. The summed E-state index contributed by atoms with van der Waals surface area (Å²) in [6, 6.07) is 8.26. The van der Waals surface area contributed by atoms with Crippen molar-refractivity contribution in [2.45, 2.75) is 66.0 Å². The molecule has 0 bridgehead atoms. The minimum absolute atomic E-state index is 0.0779. The second kappa shape index (κ2) is 11.0. The number of imidazole rings is 1. The first-order chi connectivity index (χ1) is 17.6. The molecular weight excluding hydrogens is 470 g/mol. The maximum Gasteiger partial charge on any atom is 0.410 e. The maximum absolute atomic E-state index is 12.6. The van der Waals surface area contributed by atoms with E-state index in [2.05, 4.69) is 18.3 Å². The quantitative estimate of drug-likeness (QED) is 0.335. The predicted octanol–water partition coefficient (Wildman–Crippen LogP) is 5.44. The van der Waals surface area contributed by atoms with Gasteiger partial charge in [0.05, 0.1) is 11.2 Å². The summed E-state index contributed by atoms with van der Waals surface area (Å²) in [5.74, 6) is 1.47. The third kappa shape index (κ3) is 6.33. The summed E-state index contributed by atoms with van der Waals surface area (Å²) in [5.41, 5.74) is 5.00. The highest BCUT2D eigenvalue weighted by Gasteiger charge is 2.28. The van der Waals surface area contributed by atoms with Gasteiger partial charge in [0.25, 0.3) is 0 Å². The standard InChI is InChI=1S/C28H39N5O4/c1-8-35-17-36-23-15-18(2)14-19(3)24(23)21-11-12-22-25(30-21)31-26(32(22)7)29-20-10-9-13-33(16-20)27(34)37-28(4,5)6/h11-12,14-15,20H,8-10,13,16-17H2,1-7H3,(H,29,30,31)/t20-/m1/s1. The van der Waals surface area contributed by atoms with Gasteiger partial charge in [-0.15, -0.1) is 0 Å². The van der Waals surface area contributed by atoms with Gasteiger partial charge in [-0.2, -0.15) is 4.98 Å². The number of anilines is 1. The van der Waals surface area contributed by atoms with Crippen LogP contribution in [0.2, 0.25) is 0 Å². The van der Waals surface area contributed by atoms with E-state index < -0.39 is 5.60 Å². The summed E-state index contributed by atoms with van der Waals surface area (Å²) in [7, 11) is 1.97. The Morgan fingerprint density at radius 3 is 2.70 bits per heavy atom. The molecule has 1 atom stereocenters. The van der Waals surface area contributed by atoms with Crippen LogP contribution in [0.5, 0.6) is 5.75 Å². The molecule has 0 unspecified atom stereocenters. The molecule has 37 heavy (non-hydrogen) atoms. The molecule has 0 spiro atoms. The molecule has 0 radical (unpaired) electrons. The van der Waals surface area contributed by atoms with Crippen LogP contribution in [0.15, 0.2) is 24.3 Å². The summed E-state index contributed by atoms with van der Waals surface area (Å²) >= 11 is 0.